The van der Waals surface area contributed by atoms with Crippen molar-refractivity contribution in [3.05, 3.63) is 83.4 Å². The number of hydrogen-bond donors (Lipinski definition) is 2. The van der Waals surface area contributed by atoms with Crippen LogP contribution in [0.2, 0.25) is 0 Å². The van der Waals surface area contributed by atoms with Crippen LogP contribution in [0.5, 0.6) is 0 Å². The summed E-state index contributed by atoms with van der Waals surface area (Å²) in [6.45, 7) is 2.43. The first-order valence-electron chi connectivity index (χ1n) is 9.40. The number of H-pyrrole nitrogens is 2. The number of nitrogens with zero attached hydrogens (tertiary/aromatic N) is 3. The van der Waals surface area contributed by atoms with Gasteiger partial charge >= 0.3 is 0 Å². The van der Waals surface area contributed by atoms with E-state index in [-0.39, 0.29) is 5.82 Å². The smallest absolute Gasteiger partial charge is 0.132 e. The Morgan fingerprint density at radius 1 is 1.00 bits per heavy atom. The fourth-order valence-corrected chi connectivity index (χ4v) is 3.89. The maximum Gasteiger partial charge on any atom is 0.132 e. The van der Waals surface area contributed by atoms with Gasteiger partial charge in [0.2, 0.25) is 0 Å². The molecule has 28 heavy (non-hydrogen) atoms. The van der Waals surface area contributed by atoms with Crippen molar-refractivity contribution in [2.75, 3.05) is 6.54 Å². The number of benzene rings is 2. The van der Waals surface area contributed by atoms with Crippen LogP contribution in [0.15, 0.2) is 60.8 Å². The second kappa shape index (κ2) is 7.05. The quantitative estimate of drug-likeness (QED) is 0.565. The Morgan fingerprint density at radius 2 is 1.82 bits per heavy atom. The maximum absolute atomic E-state index is 14.3. The molecule has 5 nitrogen and oxygen atoms in total. The lowest BCUT2D eigenvalue weighted by Gasteiger charge is -2.27. The molecule has 0 atom stereocenters. The Labute approximate surface area is 162 Å². The van der Waals surface area contributed by atoms with E-state index < -0.39 is 0 Å². The molecule has 1 aliphatic rings. The van der Waals surface area contributed by atoms with Crippen molar-refractivity contribution < 1.29 is 4.39 Å². The van der Waals surface area contributed by atoms with Gasteiger partial charge in [0.05, 0.1) is 17.6 Å². The van der Waals surface area contributed by atoms with E-state index in [4.69, 9.17) is 0 Å². The monoisotopic (exact) mass is 373 g/mol. The molecule has 3 heterocycles. The Balaban J connectivity index is 1.41. The number of fused-ring (bicyclic) bond motifs is 1. The van der Waals surface area contributed by atoms with Crippen LogP contribution < -0.4 is 0 Å². The van der Waals surface area contributed by atoms with Crippen molar-refractivity contribution in [1.82, 2.24) is 25.3 Å². The summed E-state index contributed by atoms with van der Waals surface area (Å²) in [5, 5.41) is 14.9. The summed E-state index contributed by atoms with van der Waals surface area (Å²) < 4.78 is 14.3. The molecule has 0 unspecified atom stereocenters. The molecule has 2 aromatic carbocycles. The first kappa shape index (κ1) is 16.9. The van der Waals surface area contributed by atoms with Gasteiger partial charge in [0, 0.05) is 48.4 Å². The Bertz CT molecular complexity index is 1100. The van der Waals surface area contributed by atoms with E-state index in [9.17, 15) is 4.39 Å². The zero-order chi connectivity index (χ0) is 18.9. The minimum absolute atomic E-state index is 0.241. The largest absolute Gasteiger partial charge is 0.294 e. The molecular formula is C22H20FN5. The predicted octanol–water partition coefficient (Wildman–Crippen LogP) is 4.16. The van der Waals surface area contributed by atoms with Crippen LogP contribution in [-0.2, 0) is 19.5 Å². The van der Waals surface area contributed by atoms with Gasteiger partial charge in [-0.15, -0.1) is 0 Å². The molecular weight excluding hydrogens is 353 g/mol. The second-order valence-electron chi connectivity index (χ2n) is 7.11. The van der Waals surface area contributed by atoms with Crippen LogP contribution in [0.1, 0.15) is 16.8 Å². The van der Waals surface area contributed by atoms with Gasteiger partial charge in [0.15, 0.2) is 0 Å². The molecule has 0 aliphatic carbocycles. The Hall–Kier alpha value is -3.25. The van der Waals surface area contributed by atoms with Gasteiger partial charge in [0.1, 0.15) is 5.82 Å². The lowest BCUT2D eigenvalue weighted by molar-refractivity contribution is 0.245. The molecule has 0 fully saturated rings. The van der Waals surface area contributed by atoms with Crippen molar-refractivity contribution >= 4 is 0 Å². The highest BCUT2D eigenvalue weighted by atomic mass is 19.1. The standard InChI is InChI=1S/C22H20FN5/c23-19-9-5-4-8-17(19)22-18-14-28(11-10-20(18)25-27-22)13-16-12-24-26-21(16)15-6-2-1-3-7-15/h1-9,12H,10-11,13-14H2,(H,24,26)(H,25,27). The molecule has 0 radical (unpaired) electrons. The fraction of sp³-hybridized carbons (Fsp3) is 0.182. The minimum Gasteiger partial charge on any atom is -0.294 e. The molecule has 2 aromatic heterocycles. The van der Waals surface area contributed by atoms with Gasteiger partial charge in [0.25, 0.3) is 0 Å². The third-order valence-electron chi connectivity index (χ3n) is 5.32. The normalized spacial score (nSPS) is 14.2. The van der Waals surface area contributed by atoms with Crippen LogP contribution in [0, 0.1) is 5.82 Å². The molecule has 2 N–H and O–H groups in total. The summed E-state index contributed by atoms with van der Waals surface area (Å²) in [6, 6.07) is 17.0. The highest BCUT2D eigenvalue weighted by Gasteiger charge is 2.24. The van der Waals surface area contributed by atoms with E-state index in [1.807, 2.05) is 30.5 Å². The maximum atomic E-state index is 14.3. The van der Waals surface area contributed by atoms with Gasteiger partial charge in [-0.2, -0.15) is 10.2 Å². The highest BCUT2D eigenvalue weighted by Crippen LogP contribution is 2.31. The van der Waals surface area contributed by atoms with E-state index in [1.165, 1.54) is 6.07 Å². The Morgan fingerprint density at radius 3 is 2.68 bits per heavy atom. The number of rotatable bonds is 4. The summed E-state index contributed by atoms with van der Waals surface area (Å²) in [5.41, 5.74) is 6.79. The van der Waals surface area contributed by atoms with E-state index in [0.717, 1.165) is 54.1 Å². The fourth-order valence-electron chi connectivity index (χ4n) is 3.89. The van der Waals surface area contributed by atoms with Crippen molar-refractivity contribution in [3.8, 4) is 22.5 Å². The number of hydrogen-bond acceptors (Lipinski definition) is 3. The predicted molar refractivity (Wildman–Crippen MR) is 106 cm³/mol. The van der Waals surface area contributed by atoms with E-state index in [1.54, 1.807) is 12.1 Å². The molecule has 0 saturated heterocycles. The molecule has 0 bridgehead atoms. The number of halogens is 1. The first-order valence-corrected chi connectivity index (χ1v) is 9.40. The van der Waals surface area contributed by atoms with Gasteiger partial charge in [-0.3, -0.25) is 15.1 Å². The van der Waals surface area contributed by atoms with Gasteiger partial charge in [-0.25, -0.2) is 4.39 Å². The lowest BCUT2D eigenvalue weighted by atomic mass is 10.00. The summed E-state index contributed by atoms with van der Waals surface area (Å²) in [4.78, 5) is 2.36. The molecule has 0 spiro atoms. The molecule has 4 aromatic rings. The van der Waals surface area contributed by atoms with Crippen molar-refractivity contribution in [3.63, 3.8) is 0 Å². The number of aromatic amines is 2. The lowest BCUT2D eigenvalue weighted by Crippen LogP contribution is -2.30. The number of nitrogens with one attached hydrogen (secondary N) is 2. The SMILES string of the molecule is Fc1ccccc1-c1n[nH]c2c1CN(Cc1cn[nH]c1-c1ccccc1)CC2. The van der Waals surface area contributed by atoms with Crippen LogP contribution in [0.4, 0.5) is 4.39 Å². The molecule has 5 rings (SSSR count). The van der Waals surface area contributed by atoms with Crippen LogP contribution in [0.25, 0.3) is 22.5 Å². The summed E-state index contributed by atoms with van der Waals surface area (Å²) >= 11 is 0. The summed E-state index contributed by atoms with van der Waals surface area (Å²) in [7, 11) is 0. The van der Waals surface area contributed by atoms with E-state index in [2.05, 4.69) is 37.4 Å². The molecule has 0 amide bonds. The second-order valence-corrected chi connectivity index (χ2v) is 7.11. The molecule has 0 saturated carbocycles. The van der Waals surface area contributed by atoms with E-state index >= 15 is 0 Å². The third-order valence-corrected chi connectivity index (χ3v) is 5.32. The average molecular weight is 373 g/mol. The first-order chi connectivity index (χ1) is 13.8. The number of aromatic nitrogens is 4. The van der Waals surface area contributed by atoms with Crippen LogP contribution in [-0.4, -0.2) is 31.8 Å². The van der Waals surface area contributed by atoms with Crippen molar-refractivity contribution in [2.45, 2.75) is 19.5 Å². The summed E-state index contributed by atoms with van der Waals surface area (Å²) in [5.74, 6) is -0.241. The molecule has 1 aliphatic heterocycles. The average Bonchev–Trinajstić information content (AvgIpc) is 3.36. The van der Waals surface area contributed by atoms with Gasteiger partial charge in [-0.05, 0) is 17.7 Å². The van der Waals surface area contributed by atoms with Gasteiger partial charge in [-0.1, -0.05) is 42.5 Å². The summed E-state index contributed by atoms with van der Waals surface area (Å²) in [6.07, 6.45) is 2.76. The highest BCUT2D eigenvalue weighted by molar-refractivity contribution is 5.65. The Kier molecular flexibility index (Phi) is 4.25. The van der Waals surface area contributed by atoms with Crippen LogP contribution in [0.3, 0.4) is 0 Å². The van der Waals surface area contributed by atoms with Crippen molar-refractivity contribution in [2.24, 2.45) is 0 Å². The van der Waals surface area contributed by atoms with Crippen LogP contribution >= 0.6 is 0 Å². The zero-order valence-electron chi connectivity index (χ0n) is 15.3. The van der Waals surface area contributed by atoms with E-state index in [0.29, 0.717) is 11.3 Å². The molecule has 6 heteroatoms. The minimum atomic E-state index is -0.241. The van der Waals surface area contributed by atoms with Crippen molar-refractivity contribution in [1.29, 1.82) is 0 Å². The molecule has 140 valence electrons. The third kappa shape index (κ3) is 3.01. The zero-order valence-corrected chi connectivity index (χ0v) is 15.3. The van der Waals surface area contributed by atoms with Gasteiger partial charge < -0.3 is 0 Å². The topological polar surface area (TPSA) is 60.6 Å².